The fourth-order valence-electron chi connectivity index (χ4n) is 4.97. The first kappa shape index (κ1) is 23.7. The topological polar surface area (TPSA) is 122 Å². The number of anilines is 1. The number of para-hydroxylation sites is 2. The van der Waals surface area contributed by atoms with Gasteiger partial charge in [-0.25, -0.2) is 14.8 Å². The molecule has 38 heavy (non-hydrogen) atoms. The fraction of sp³-hybridized carbons (Fsp3) is 0.143. The van der Waals surface area contributed by atoms with Crippen LogP contribution in [0.3, 0.4) is 0 Å². The molecule has 6 rings (SSSR count). The third kappa shape index (κ3) is 3.79. The number of rotatable bonds is 4. The molecule has 0 spiro atoms. The van der Waals surface area contributed by atoms with Crippen molar-refractivity contribution in [3.8, 4) is 17.3 Å². The van der Waals surface area contributed by atoms with Gasteiger partial charge in [0.25, 0.3) is 11.4 Å². The third-order valence-corrected chi connectivity index (χ3v) is 7.16. The van der Waals surface area contributed by atoms with Crippen molar-refractivity contribution < 1.29 is 19.4 Å². The predicted molar refractivity (Wildman–Crippen MR) is 142 cm³/mol. The maximum absolute atomic E-state index is 13.2. The Bertz CT molecular complexity index is 1760. The number of hydrogen-bond acceptors (Lipinski definition) is 7. The molecule has 1 aliphatic heterocycles. The van der Waals surface area contributed by atoms with Crippen LogP contribution in [0.4, 0.5) is 5.95 Å². The molecule has 3 aromatic carbocycles. The average Bonchev–Trinajstić information content (AvgIpc) is 3.35. The maximum Gasteiger partial charge on any atom is 0.335 e. The summed E-state index contributed by atoms with van der Waals surface area (Å²) in [5.74, 6) is -1.26. The van der Waals surface area contributed by atoms with E-state index >= 15 is 0 Å². The lowest BCUT2D eigenvalue weighted by molar-refractivity contribution is 0.0696. The van der Waals surface area contributed by atoms with E-state index in [-0.39, 0.29) is 23.1 Å². The molecule has 10 heteroatoms. The van der Waals surface area contributed by atoms with Gasteiger partial charge in [-0.15, -0.1) is 0 Å². The minimum atomic E-state index is -1.00. The van der Waals surface area contributed by atoms with Gasteiger partial charge < -0.3 is 19.5 Å². The Labute approximate surface area is 221 Å². The molecule has 2 aromatic heterocycles. The van der Waals surface area contributed by atoms with Crippen molar-refractivity contribution in [2.75, 3.05) is 11.4 Å². The second-order valence-corrected chi connectivity index (χ2v) is 9.45. The molecule has 1 aliphatic rings. The number of oxazole rings is 1. The summed E-state index contributed by atoms with van der Waals surface area (Å²) in [5, 5.41) is 20.8. The number of hydrogen-bond donors (Lipinski definition) is 2. The summed E-state index contributed by atoms with van der Waals surface area (Å²) in [6, 6.07) is 19.0. The highest BCUT2D eigenvalue weighted by atomic mass is 35.5. The normalized spacial score (nSPS) is 15.0. The van der Waals surface area contributed by atoms with E-state index in [1.54, 1.807) is 42.5 Å². The van der Waals surface area contributed by atoms with Crippen LogP contribution in [-0.4, -0.2) is 37.3 Å². The molecule has 1 atom stereocenters. The second-order valence-electron chi connectivity index (χ2n) is 9.05. The van der Waals surface area contributed by atoms with E-state index in [4.69, 9.17) is 21.0 Å². The number of fused-ring (bicyclic) bond motifs is 2. The second kappa shape index (κ2) is 9.04. The lowest BCUT2D eigenvalue weighted by Crippen LogP contribution is -2.40. The molecule has 0 amide bonds. The van der Waals surface area contributed by atoms with Gasteiger partial charge in [-0.1, -0.05) is 48.0 Å². The zero-order valence-electron chi connectivity index (χ0n) is 20.1. The Morgan fingerprint density at radius 2 is 1.82 bits per heavy atom. The van der Waals surface area contributed by atoms with E-state index < -0.39 is 23.3 Å². The van der Waals surface area contributed by atoms with E-state index in [9.17, 15) is 19.8 Å². The SMILES string of the molecule is Cn1c(N2CCc3cc(C(=O)O)ccc3[C@@H]2c2ccccc2Cl)nc(-c2nc3ccccc3o2)c(O)c1=O. The Kier molecular flexibility index (Phi) is 5.65. The zero-order chi connectivity index (χ0) is 26.6. The number of aromatic carboxylic acids is 1. The molecule has 0 aliphatic carbocycles. The Hall–Kier alpha value is -4.63. The number of aromatic nitrogens is 3. The molecular formula is C28H21ClN4O5. The standard InChI is InChI=1S/C28H21ClN4O5/c1-32-26(35)24(34)22(25-30-20-8-4-5-9-21(20)38-25)31-28(32)33-13-12-15-14-16(27(36)37)10-11-17(15)23(33)18-6-2-3-7-19(18)29/h2-11,14,23,34H,12-13H2,1H3,(H,36,37)/t23-/m1/s1. The molecule has 2 N–H and O–H groups in total. The molecule has 0 fully saturated rings. The zero-order valence-corrected chi connectivity index (χ0v) is 20.9. The van der Waals surface area contributed by atoms with Gasteiger partial charge in [-0.2, -0.15) is 0 Å². The highest BCUT2D eigenvalue weighted by molar-refractivity contribution is 6.31. The van der Waals surface area contributed by atoms with Gasteiger partial charge in [-0.05, 0) is 53.4 Å². The van der Waals surface area contributed by atoms with Crippen LogP contribution in [0.5, 0.6) is 5.75 Å². The number of carboxylic acid groups (broad SMARTS) is 1. The molecule has 0 radical (unpaired) electrons. The number of carbonyl (C=O) groups is 1. The summed E-state index contributed by atoms with van der Waals surface area (Å²) in [5.41, 5.74) is 3.03. The summed E-state index contributed by atoms with van der Waals surface area (Å²) >= 11 is 6.65. The van der Waals surface area contributed by atoms with E-state index in [0.29, 0.717) is 29.1 Å². The van der Waals surface area contributed by atoms with Crippen LogP contribution in [-0.2, 0) is 13.5 Å². The van der Waals surface area contributed by atoms with Crippen LogP contribution in [0.25, 0.3) is 22.7 Å². The van der Waals surface area contributed by atoms with Crippen LogP contribution >= 0.6 is 11.6 Å². The number of aromatic hydroxyl groups is 1. The predicted octanol–water partition coefficient (Wildman–Crippen LogP) is 4.80. The van der Waals surface area contributed by atoms with E-state index in [1.807, 2.05) is 29.2 Å². The average molecular weight is 529 g/mol. The van der Waals surface area contributed by atoms with Crippen molar-refractivity contribution in [1.29, 1.82) is 0 Å². The lowest BCUT2D eigenvalue weighted by atomic mass is 9.87. The van der Waals surface area contributed by atoms with Gasteiger partial charge in [0.2, 0.25) is 11.7 Å². The van der Waals surface area contributed by atoms with Crippen LogP contribution in [0.15, 0.2) is 75.9 Å². The number of carboxylic acids is 1. The number of benzene rings is 3. The molecule has 190 valence electrons. The van der Waals surface area contributed by atoms with Gasteiger partial charge in [0.05, 0.1) is 11.6 Å². The van der Waals surface area contributed by atoms with E-state index in [1.165, 1.54) is 11.6 Å². The van der Waals surface area contributed by atoms with Gasteiger partial charge in [0, 0.05) is 18.6 Å². The first-order chi connectivity index (χ1) is 18.3. The minimum Gasteiger partial charge on any atom is -0.501 e. The van der Waals surface area contributed by atoms with E-state index in [0.717, 1.165) is 16.7 Å². The maximum atomic E-state index is 13.2. The number of nitrogens with zero attached hydrogens (tertiary/aromatic N) is 4. The first-order valence-electron chi connectivity index (χ1n) is 11.9. The van der Waals surface area contributed by atoms with Crippen molar-refractivity contribution >= 4 is 34.6 Å². The molecule has 0 saturated carbocycles. The van der Waals surface area contributed by atoms with Crippen LogP contribution < -0.4 is 10.5 Å². The van der Waals surface area contributed by atoms with Gasteiger partial charge in [0.1, 0.15) is 5.52 Å². The lowest BCUT2D eigenvalue weighted by Gasteiger charge is -2.39. The molecule has 0 saturated heterocycles. The largest absolute Gasteiger partial charge is 0.501 e. The van der Waals surface area contributed by atoms with E-state index in [2.05, 4.69) is 4.98 Å². The Morgan fingerprint density at radius 3 is 2.58 bits per heavy atom. The van der Waals surface area contributed by atoms with Gasteiger partial charge in [0.15, 0.2) is 11.3 Å². The third-order valence-electron chi connectivity index (χ3n) is 6.81. The summed E-state index contributed by atoms with van der Waals surface area (Å²) in [6.45, 7) is 0.407. The van der Waals surface area contributed by atoms with Crippen molar-refractivity contribution in [2.24, 2.45) is 7.05 Å². The van der Waals surface area contributed by atoms with Crippen molar-refractivity contribution in [3.05, 3.63) is 104 Å². The Balaban J connectivity index is 1.56. The summed E-state index contributed by atoms with van der Waals surface area (Å²) in [6.07, 6.45) is 0.506. The molecule has 9 nitrogen and oxygen atoms in total. The highest BCUT2D eigenvalue weighted by Crippen LogP contribution is 2.41. The molecule has 0 bridgehead atoms. The van der Waals surface area contributed by atoms with Crippen molar-refractivity contribution in [3.63, 3.8) is 0 Å². The smallest absolute Gasteiger partial charge is 0.335 e. The Morgan fingerprint density at radius 1 is 1.05 bits per heavy atom. The van der Waals surface area contributed by atoms with Crippen LogP contribution in [0.1, 0.15) is 33.1 Å². The summed E-state index contributed by atoms with van der Waals surface area (Å²) in [7, 11) is 1.53. The van der Waals surface area contributed by atoms with Crippen LogP contribution in [0, 0.1) is 0 Å². The molecule has 3 heterocycles. The monoisotopic (exact) mass is 528 g/mol. The molecule has 5 aromatic rings. The van der Waals surface area contributed by atoms with Crippen molar-refractivity contribution in [2.45, 2.75) is 12.5 Å². The highest BCUT2D eigenvalue weighted by Gasteiger charge is 2.34. The summed E-state index contributed by atoms with van der Waals surface area (Å²) < 4.78 is 7.10. The van der Waals surface area contributed by atoms with Gasteiger partial charge in [-0.3, -0.25) is 9.36 Å². The van der Waals surface area contributed by atoms with Crippen LogP contribution in [0.2, 0.25) is 5.02 Å². The summed E-state index contributed by atoms with van der Waals surface area (Å²) in [4.78, 5) is 35.9. The molecular weight excluding hydrogens is 508 g/mol. The minimum absolute atomic E-state index is 0.0282. The quantitative estimate of drug-likeness (QED) is 0.341. The number of halogens is 1. The van der Waals surface area contributed by atoms with Gasteiger partial charge >= 0.3 is 5.97 Å². The van der Waals surface area contributed by atoms with Crippen molar-refractivity contribution in [1.82, 2.24) is 14.5 Å². The molecule has 0 unspecified atom stereocenters. The first-order valence-corrected chi connectivity index (χ1v) is 12.2. The fourth-order valence-corrected chi connectivity index (χ4v) is 5.21.